The topological polar surface area (TPSA) is 68.2 Å². The molecule has 0 aliphatic carbocycles. The van der Waals surface area contributed by atoms with Crippen molar-refractivity contribution in [1.82, 2.24) is 14.6 Å². The summed E-state index contributed by atoms with van der Waals surface area (Å²) < 4.78 is 2.87. The summed E-state index contributed by atoms with van der Waals surface area (Å²) in [4.78, 5) is 4.55. The Kier molecular flexibility index (Phi) is 3.08. The first kappa shape index (κ1) is 14.5. The standard InChI is InChI=1S/C19H14BrN5/c20-12-5-3-4-11(10-12)16-14-8-9-25-18(14)17(23-19(21)24-25)13-6-1-2-7-15(13)22-16/h1-10,16,22H,(H2,21,24). The van der Waals surface area contributed by atoms with Crippen LogP contribution in [0.5, 0.6) is 0 Å². The maximum Gasteiger partial charge on any atom is 0.238 e. The lowest BCUT2D eigenvalue weighted by atomic mass is 10.00. The van der Waals surface area contributed by atoms with E-state index in [1.54, 1.807) is 0 Å². The van der Waals surface area contributed by atoms with E-state index in [0.717, 1.165) is 32.5 Å². The number of nitrogen functional groups attached to an aromatic ring is 1. The maximum absolute atomic E-state index is 5.94. The van der Waals surface area contributed by atoms with Gasteiger partial charge in [0.25, 0.3) is 0 Å². The lowest BCUT2D eigenvalue weighted by molar-refractivity contribution is 0.911. The van der Waals surface area contributed by atoms with Gasteiger partial charge in [-0.1, -0.05) is 46.3 Å². The van der Waals surface area contributed by atoms with Crippen LogP contribution < -0.4 is 11.1 Å². The molecule has 1 atom stereocenters. The lowest BCUT2D eigenvalue weighted by Crippen LogP contribution is -2.11. The number of fused-ring (bicyclic) bond motifs is 2. The van der Waals surface area contributed by atoms with Gasteiger partial charge in [-0.05, 0) is 29.8 Å². The van der Waals surface area contributed by atoms with Crippen molar-refractivity contribution in [2.75, 3.05) is 11.1 Å². The summed E-state index contributed by atoms with van der Waals surface area (Å²) in [7, 11) is 0. The van der Waals surface area contributed by atoms with Crippen LogP contribution in [0.4, 0.5) is 11.6 Å². The third-order valence-electron chi connectivity index (χ3n) is 4.53. The smallest absolute Gasteiger partial charge is 0.238 e. The molecular weight excluding hydrogens is 378 g/mol. The van der Waals surface area contributed by atoms with Gasteiger partial charge in [-0.3, -0.25) is 0 Å². The van der Waals surface area contributed by atoms with Crippen LogP contribution in [0.25, 0.3) is 16.8 Å². The fourth-order valence-corrected chi connectivity index (χ4v) is 3.90. The molecule has 0 saturated carbocycles. The van der Waals surface area contributed by atoms with Crippen LogP contribution in [-0.2, 0) is 0 Å². The Hall–Kier alpha value is -2.86. The van der Waals surface area contributed by atoms with Crippen LogP contribution in [-0.4, -0.2) is 14.6 Å². The molecule has 5 rings (SSSR count). The van der Waals surface area contributed by atoms with Crippen LogP contribution in [0.1, 0.15) is 17.2 Å². The SMILES string of the molecule is Nc1nc2c3c(ccn3n1)C(c1cccc(Br)c1)Nc1ccccc1-2. The van der Waals surface area contributed by atoms with E-state index in [4.69, 9.17) is 5.73 Å². The predicted molar refractivity (Wildman–Crippen MR) is 102 cm³/mol. The number of para-hydroxylation sites is 1. The number of rotatable bonds is 1. The van der Waals surface area contributed by atoms with Crippen LogP contribution in [0, 0.1) is 0 Å². The van der Waals surface area contributed by atoms with Crippen molar-refractivity contribution in [2.45, 2.75) is 6.04 Å². The number of benzene rings is 2. The number of hydrogen-bond acceptors (Lipinski definition) is 4. The molecule has 3 N–H and O–H groups in total. The van der Waals surface area contributed by atoms with Crippen molar-refractivity contribution < 1.29 is 0 Å². The number of halogens is 1. The molecule has 3 heterocycles. The molecule has 6 heteroatoms. The maximum atomic E-state index is 5.94. The summed E-state index contributed by atoms with van der Waals surface area (Å²) >= 11 is 3.57. The van der Waals surface area contributed by atoms with Crippen molar-refractivity contribution in [3.8, 4) is 11.3 Å². The molecule has 4 aromatic rings. The summed E-state index contributed by atoms with van der Waals surface area (Å²) in [6.45, 7) is 0. The normalized spacial score (nSPS) is 15.5. The first-order valence-electron chi connectivity index (χ1n) is 7.97. The Morgan fingerprint density at radius 2 is 1.96 bits per heavy atom. The first-order chi connectivity index (χ1) is 12.2. The Morgan fingerprint density at radius 1 is 1.08 bits per heavy atom. The quantitative estimate of drug-likeness (QED) is 0.508. The fraction of sp³-hybridized carbons (Fsp3) is 0.0526. The molecule has 1 unspecified atom stereocenters. The van der Waals surface area contributed by atoms with Crippen LogP contribution in [0.2, 0.25) is 0 Å². The van der Waals surface area contributed by atoms with E-state index in [9.17, 15) is 0 Å². The molecule has 2 aromatic carbocycles. The third kappa shape index (κ3) is 2.21. The third-order valence-corrected chi connectivity index (χ3v) is 5.03. The van der Waals surface area contributed by atoms with Gasteiger partial charge in [-0.25, -0.2) is 9.50 Å². The molecule has 2 aromatic heterocycles. The van der Waals surface area contributed by atoms with E-state index in [0.29, 0.717) is 0 Å². The molecule has 25 heavy (non-hydrogen) atoms. The second-order valence-corrected chi connectivity index (χ2v) is 6.98. The molecule has 122 valence electrons. The number of aromatic nitrogens is 3. The van der Waals surface area contributed by atoms with Crippen LogP contribution >= 0.6 is 15.9 Å². The Balaban J connectivity index is 1.86. The molecule has 5 nitrogen and oxygen atoms in total. The number of nitrogens with one attached hydrogen (secondary N) is 1. The van der Waals surface area contributed by atoms with Gasteiger partial charge >= 0.3 is 0 Å². The number of hydrogen-bond donors (Lipinski definition) is 2. The van der Waals surface area contributed by atoms with Crippen molar-refractivity contribution >= 4 is 33.1 Å². The summed E-state index contributed by atoms with van der Waals surface area (Å²) in [6.07, 6.45) is 1.94. The number of nitrogens with zero attached hydrogens (tertiary/aromatic N) is 3. The highest BCUT2D eigenvalue weighted by molar-refractivity contribution is 9.10. The molecule has 0 saturated heterocycles. The largest absolute Gasteiger partial charge is 0.374 e. The van der Waals surface area contributed by atoms with Gasteiger partial charge in [0.1, 0.15) is 5.69 Å². The summed E-state index contributed by atoms with van der Waals surface area (Å²) in [5.74, 6) is 0.264. The molecule has 0 amide bonds. The lowest BCUT2D eigenvalue weighted by Gasteiger charge is -2.19. The predicted octanol–water partition coefficient (Wildman–Crippen LogP) is 4.26. The van der Waals surface area contributed by atoms with Gasteiger partial charge in [-0.15, -0.1) is 5.10 Å². The van der Waals surface area contributed by atoms with E-state index in [1.165, 1.54) is 5.56 Å². The zero-order valence-electron chi connectivity index (χ0n) is 13.1. The highest BCUT2D eigenvalue weighted by Crippen LogP contribution is 2.41. The second-order valence-electron chi connectivity index (χ2n) is 6.06. The number of nitrogens with two attached hydrogens (primary N) is 1. The number of anilines is 2. The molecule has 1 aliphatic heterocycles. The molecular formula is C19H14BrN5. The van der Waals surface area contributed by atoms with E-state index in [-0.39, 0.29) is 12.0 Å². The van der Waals surface area contributed by atoms with Crippen molar-refractivity contribution in [1.29, 1.82) is 0 Å². The van der Waals surface area contributed by atoms with E-state index in [2.05, 4.69) is 61.7 Å². The average Bonchev–Trinajstić information content (AvgIpc) is 2.96. The Labute approximate surface area is 152 Å². The average molecular weight is 392 g/mol. The monoisotopic (exact) mass is 391 g/mol. The van der Waals surface area contributed by atoms with Crippen LogP contribution in [0.15, 0.2) is 65.3 Å². The van der Waals surface area contributed by atoms with E-state index in [1.807, 2.05) is 35.0 Å². The van der Waals surface area contributed by atoms with Gasteiger partial charge in [0.15, 0.2) is 0 Å². The molecule has 1 aliphatic rings. The molecule has 0 radical (unpaired) electrons. The Morgan fingerprint density at radius 3 is 2.84 bits per heavy atom. The Bertz CT molecular complexity index is 1120. The van der Waals surface area contributed by atoms with E-state index >= 15 is 0 Å². The van der Waals surface area contributed by atoms with Crippen molar-refractivity contribution in [3.05, 3.63) is 76.4 Å². The van der Waals surface area contributed by atoms with Crippen molar-refractivity contribution in [3.63, 3.8) is 0 Å². The highest BCUT2D eigenvalue weighted by Gasteiger charge is 2.27. The minimum Gasteiger partial charge on any atom is -0.374 e. The molecule has 0 fully saturated rings. The van der Waals surface area contributed by atoms with Gasteiger partial charge < -0.3 is 11.1 Å². The first-order valence-corrected chi connectivity index (χ1v) is 8.76. The summed E-state index contributed by atoms with van der Waals surface area (Å²) in [5.41, 5.74) is 12.1. The minimum atomic E-state index is -0.00266. The van der Waals surface area contributed by atoms with Gasteiger partial charge in [-0.2, -0.15) is 0 Å². The van der Waals surface area contributed by atoms with Gasteiger partial charge in [0, 0.05) is 27.5 Å². The summed E-state index contributed by atoms with van der Waals surface area (Å²) in [5, 5.41) is 8.02. The second kappa shape index (κ2) is 5.32. The van der Waals surface area contributed by atoms with E-state index < -0.39 is 0 Å². The highest BCUT2D eigenvalue weighted by atomic mass is 79.9. The molecule has 0 spiro atoms. The minimum absolute atomic E-state index is 0.00266. The zero-order chi connectivity index (χ0) is 17.0. The van der Waals surface area contributed by atoms with Gasteiger partial charge in [0.2, 0.25) is 5.95 Å². The van der Waals surface area contributed by atoms with Crippen LogP contribution in [0.3, 0.4) is 0 Å². The van der Waals surface area contributed by atoms with Gasteiger partial charge in [0.05, 0.1) is 11.6 Å². The van der Waals surface area contributed by atoms with Crippen molar-refractivity contribution in [2.24, 2.45) is 0 Å². The molecule has 0 bridgehead atoms. The summed E-state index contributed by atoms with van der Waals surface area (Å²) in [6, 6.07) is 18.6. The zero-order valence-corrected chi connectivity index (χ0v) is 14.7. The fourth-order valence-electron chi connectivity index (χ4n) is 3.48.